The number of amides is 1. The lowest BCUT2D eigenvalue weighted by molar-refractivity contribution is -0.121. The summed E-state index contributed by atoms with van der Waals surface area (Å²) in [5, 5.41) is 15.3. The van der Waals surface area contributed by atoms with Crippen LogP contribution in [0.25, 0.3) is 0 Å². The van der Waals surface area contributed by atoms with Gasteiger partial charge in [0, 0.05) is 31.2 Å². The molecule has 2 aromatic rings. The Bertz CT molecular complexity index is 727. The van der Waals surface area contributed by atoms with Gasteiger partial charge in [-0.15, -0.1) is 10.2 Å². The van der Waals surface area contributed by atoms with E-state index in [9.17, 15) is 4.79 Å². The molecule has 0 aliphatic carbocycles. The van der Waals surface area contributed by atoms with Crippen LogP contribution in [0, 0.1) is 0 Å². The maximum atomic E-state index is 12.2. The number of hydrogen-bond acceptors (Lipinski definition) is 6. The molecule has 3 rings (SSSR count). The molecule has 24 heavy (non-hydrogen) atoms. The van der Waals surface area contributed by atoms with Gasteiger partial charge < -0.3 is 14.4 Å². The van der Waals surface area contributed by atoms with Crippen LogP contribution in [-0.4, -0.2) is 30.8 Å². The van der Waals surface area contributed by atoms with Crippen molar-refractivity contribution in [3.63, 3.8) is 0 Å². The normalized spacial score (nSPS) is 15.3. The fourth-order valence-corrected chi connectivity index (χ4v) is 2.75. The van der Waals surface area contributed by atoms with Gasteiger partial charge in [-0.1, -0.05) is 25.9 Å². The molecule has 0 bridgehead atoms. The molecular formula is C16H24N6O2. The highest BCUT2D eigenvalue weighted by molar-refractivity contribution is 5.76. The minimum atomic E-state index is -0.162. The van der Waals surface area contributed by atoms with Crippen LogP contribution in [0.2, 0.25) is 0 Å². The lowest BCUT2D eigenvalue weighted by Crippen LogP contribution is -2.28. The number of carbonyl (C=O) groups excluding carboxylic acids is 1. The molecule has 8 nitrogen and oxygen atoms in total. The van der Waals surface area contributed by atoms with Gasteiger partial charge in [0.05, 0.1) is 6.04 Å². The van der Waals surface area contributed by atoms with Crippen molar-refractivity contribution in [1.29, 1.82) is 0 Å². The topological polar surface area (TPSA) is 98.7 Å². The van der Waals surface area contributed by atoms with Crippen molar-refractivity contribution in [2.75, 3.05) is 0 Å². The summed E-state index contributed by atoms with van der Waals surface area (Å²) in [7, 11) is 0. The van der Waals surface area contributed by atoms with Crippen LogP contribution >= 0.6 is 0 Å². The maximum absolute atomic E-state index is 12.2. The third kappa shape index (κ3) is 3.47. The van der Waals surface area contributed by atoms with Crippen LogP contribution in [0.4, 0.5) is 0 Å². The van der Waals surface area contributed by atoms with Gasteiger partial charge in [-0.3, -0.25) is 4.79 Å². The molecule has 1 N–H and O–H groups in total. The first-order chi connectivity index (χ1) is 11.3. The average molecular weight is 332 g/mol. The molecule has 0 saturated heterocycles. The van der Waals surface area contributed by atoms with Gasteiger partial charge in [0.25, 0.3) is 0 Å². The Kier molecular flexibility index (Phi) is 4.38. The molecule has 0 unspecified atom stereocenters. The summed E-state index contributed by atoms with van der Waals surface area (Å²) in [5.41, 5.74) is -0.160. The van der Waals surface area contributed by atoms with E-state index in [1.807, 2.05) is 27.7 Å². The number of rotatable bonds is 5. The van der Waals surface area contributed by atoms with Crippen molar-refractivity contribution in [3.05, 3.63) is 23.4 Å². The molecule has 0 radical (unpaired) electrons. The van der Waals surface area contributed by atoms with Gasteiger partial charge in [-0.2, -0.15) is 4.98 Å². The predicted octanol–water partition coefficient (Wildman–Crippen LogP) is 1.71. The van der Waals surface area contributed by atoms with Gasteiger partial charge in [0.15, 0.2) is 11.6 Å². The van der Waals surface area contributed by atoms with Crippen molar-refractivity contribution >= 4 is 5.91 Å². The summed E-state index contributed by atoms with van der Waals surface area (Å²) in [5.74, 6) is 2.92. The standard InChI is InChI=1S/C16H24N6O2/c1-10(14-20-19-11-6-5-9-22(11)14)17-12(23)7-8-13-18-15(21-24-13)16(2,3)4/h10H,5-9H2,1-4H3,(H,17,23)/t10-/m1/s1. The van der Waals surface area contributed by atoms with E-state index in [-0.39, 0.29) is 17.4 Å². The lowest BCUT2D eigenvalue weighted by Gasteiger charge is -2.13. The second kappa shape index (κ2) is 6.33. The van der Waals surface area contributed by atoms with Crippen molar-refractivity contribution in [3.8, 4) is 0 Å². The van der Waals surface area contributed by atoms with Crippen LogP contribution in [-0.2, 0) is 29.6 Å². The monoisotopic (exact) mass is 332 g/mol. The zero-order valence-corrected chi connectivity index (χ0v) is 14.7. The zero-order valence-electron chi connectivity index (χ0n) is 14.7. The van der Waals surface area contributed by atoms with E-state index in [0.29, 0.717) is 24.6 Å². The number of fused-ring (bicyclic) bond motifs is 1. The van der Waals surface area contributed by atoms with Gasteiger partial charge in [0.1, 0.15) is 5.82 Å². The fraction of sp³-hybridized carbons (Fsp3) is 0.688. The quantitative estimate of drug-likeness (QED) is 0.895. The van der Waals surface area contributed by atoms with Gasteiger partial charge >= 0.3 is 0 Å². The van der Waals surface area contributed by atoms with Gasteiger partial charge in [-0.25, -0.2) is 0 Å². The highest BCUT2D eigenvalue weighted by Crippen LogP contribution is 2.20. The van der Waals surface area contributed by atoms with Crippen molar-refractivity contribution in [2.24, 2.45) is 0 Å². The van der Waals surface area contributed by atoms with Gasteiger partial charge in [0.2, 0.25) is 11.8 Å². The van der Waals surface area contributed by atoms with Crippen molar-refractivity contribution in [1.82, 2.24) is 30.2 Å². The summed E-state index contributed by atoms with van der Waals surface area (Å²) >= 11 is 0. The summed E-state index contributed by atoms with van der Waals surface area (Å²) in [6.45, 7) is 8.92. The first kappa shape index (κ1) is 16.6. The van der Waals surface area contributed by atoms with Crippen LogP contribution in [0.1, 0.15) is 69.9 Å². The molecule has 0 aromatic carbocycles. The highest BCUT2D eigenvalue weighted by Gasteiger charge is 2.23. The number of aryl methyl sites for hydroxylation is 2. The number of nitrogens with zero attached hydrogens (tertiary/aromatic N) is 5. The molecule has 0 fully saturated rings. The Hall–Kier alpha value is -2.25. The van der Waals surface area contributed by atoms with E-state index in [0.717, 1.165) is 31.0 Å². The van der Waals surface area contributed by atoms with Gasteiger partial charge in [-0.05, 0) is 13.3 Å². The van der Waals surface area contributed by atoms with E-state index in [1.165, 1.54) is 0 Å². The molecule has 130 valence electrons. The van der Waals surface area contributed by atoms with E-state index in [4.69, 9.17) is 4.52 Å². The minimum absolute atomic E-state index is 0.0617. The molecule has 1 atom stereocenters. The lowest BCUT2D eigenvalue weighted by atomic mass is 9.96. The van der Waals surface area contributed by atoms with Crippen LogP contribution in [0.3, 0.4) is 0 Å². The second-order valence-electron chi connectivity index (χ2n) is 7.28. The zero-order chi connectivity index (χ0) is 17.3. The molecule has 3 heterocycles. The van der Waals surface area contributed by atoms with E-state index >= 15 is 0 Å². The summed E-state index contributed by atoms with van der Waals surface area (Å²) in [6.07, 6.45) is 2.78. The Balaban J connectivity index is 1.53. The molecular weight excluding hydrogens is 308 g/mol. The number of nitrogens with one attached hydrogen (secondary N) is 1. The van der Waals surface area contributed by atoms with Crippen LogP contribution in [0.5, 0.6) is 0 Å². The van der Waals surface area contributed by atoms with Crippen molar-refractivity contribution in [2.45, 2.75) is 71.4 Å². The Morgan fingerprint density at radius 2 is 2.17 bits per heavy atom. The maximum Gasteiger partial charge on any atom is 0.227 e. The molecule has 2 aromatic heterocycles. The average Bonchev–Trinajstić information content (AvgIpc) is 3.20. The molecule has 1 aliphatic heterocycles. The summed E-state index contributed by atoms with van der Waals surface area (Å²) in [6, 6.07) is -0.162. The van der Waals surface area contributed by atoms with E-state index in [2.05, 4.69) is 30.2 Å². The molecule has 1 amide bonds. The summed E-state index contributed by atoms with van der Waals surface area (Å²) in [4.78, 5) is 16.5. The van der Waals surface area contributed by atoms with Crippen LogP contribution < -0.4 is 5.32 Å². The number of aromatic nitrogens is 5. The first-order valence-electron chi connectivity index (χ1n) is 8.39. The Labute approximate surface area is 141 Å². The van der Waals surface area contributed by atoms with E-state index in [1.54, 1.807) is 0 Å². The predicted molar refractivity (Wildman–Crippen MR) is 86.2 cm³/mol. The molecule has 1 aliphatic rings. The number of carbonyl (C=O) groups is 1. The molecule has 0 saturated carbocycles. The highest BCUT2D eigenvalue weighted by atomic mass is 16.5. The molecule has 0 spiro atoms. The minimum Gasteiger partial charge on any atom is -0.346 e. The van der Waals surface area contributed by atoms with E-state index < -0.39 is 0 Å². The van der Waals surface area contributed by atoms with Crippen molar-refractivity contribution < 1.29 is 9.32 Å². The van der Waals surface area contributed by atoms with Crippen LogP contribution in [0.15, 0.2) is 4.52 Å². The first-order valence-corrected chi connectivity index (χ1v) is 8.39. The second-order valence-corrected chi connectivity index (χ2v) is 7.28. The Morgan fingerprint density at radius 1 is 1.38 bits per heavy atom. The number of hydrogen-bond donors (Lipinski definition) is 1. The Morgan fingerprint density at radius 3 is 2.88 bits per heavy atom. The fourth-order valence-electron chi connectivity index (χ4n) is 2.75. The third-order valence-electron chi connectivity index (χ3n) is 4.11. The summed E-state index contributed by atoms with van der Waals surface area (Å²) < 4.78 is 7.31. The SMILES string of the molecule is C[C@@H](NC(=O)CCc1nc(C(C)(C)C)no1)c1nnc2n1CCC2. The smallest absolute Gasteiger partial charge is 0.227 e. The largest absolute Gasteiger partial charge is 0.346 e. The molecule has 8 heteroatoms. The third-order valence-corrected chi connectivity index (χ3v) is 4.11.